The molecule has 0 amide bonds. The van der Waals surface area contributed by atoms with Crippen molar-refractivity contribution < 1.29 is 0 Å². The van der Waals surface area contributed by atoms with Gasteiger partial charge in [0.1, 0.15) is 0 Å². The summed E-state index contributed by atoms with van der Waals surface area (Å²) >= 11 is 0. The van der Waals surface area contributed by atoms with Crippen molar-refractivity contribution in [3.8, 4) is 0 Å². The highest BCUT2D eigenvalue weighted by atomic mass is 14.9. The number of hydrogen-bond acceptors (Lipinski definition) is 2. The first-order valence-electron chi connectivity index (χ1n) is 5.49. The standard InChI is InChI=1S/C13H17N3/c14-7-11-1-3-12(4-2-11)8-16-10-13-5-6-15-9-13/h1-6,9,15-16H,7-8,10,14H2. The van der Waals surface area contributed by atoms with Gasteiger partial charge in [-0.05, 0) is 22.8 Å². The lowest BCUT2D eigenvalue weighted by Gasteiger charge is -2.04. The second-order valence-electron chi connectivity index (χ2n) is 3.84. The molecule has 0 saturated carbocycles. The summed E-state index contributed by atoms with van der Waals surface area (Å²) in [6, 6.07) is 10.5. The fourth-order valence-corrected chi connectivity index (χ4v) is 1.61. The van der Waals surface area contributed by atoms with Gasteiger partial charge in [-0.25, -0.2) is 0 Å². The predicted molar refractivity (Wildman–Crippen MR) is 65.7 cm³/mol. The minimum absolute atomic E-state index is 0.608. The predicted octanol–water partition coefficient (Wildman–Crippen LogP) is 1.76. The zero-order chi connectivity index (χ0) is 11.2. The molecule has 0 aliphatic heterocycles. The van der Waals surface area contributed by atoms with Gasteiger partial charge in [0.05, 0.1) is 0 Å². The maximum absolute atomic E-state index is 5.55. The molecule has 0 aliphatic carbocycles. The Balaban J connectivity index is 1.81. The molecule has 0 fully saturated rings. The van der Waals surface area contributed by atoms with E-state index in [1.165, 1.54) is 16.7 Å². The summed E-state index contributed by atoms with van der Waals surface area (Å²) < 4.78 is 0. The number of nitrogens with one attached hydrogen (secondary N) is 2. The molecule has 16 heavy (non-hydrogen) atoms. The van der Waals surface area contributed by atoms with Crippen molar-refractivity contribution in [2.45, 2.75) is 19.6 Å². The number of hydrogen-bond donors (Lipinski definition) is 3. The quantitative estimate of drug-likeness (QED) is 0.712. The van der Waals surface area contributed by atoms with Crippen LogP contribution in [0.15, 0.2) is 42.7 Å². The topological polar surface area (TPSA) is 53.8 Å². The van der Waals surface area contributed by atoms with E-state index in [1.54, 1.807) is 0 Å². The van der Waals surface area contributed by atoms with Crippen molar-refractivity contribution in [1.29, 1.82) is 0 Å². The van der Waals surface area contributed by atoms with Gasteiger partial charge in [0.25, 0.3) is 0 Å². The second-order valence-corrected chi connectivity index (χ2v) is 3.84. The molecule has 3 heteroatoms. The first-order chi connectivity index (χ1) is 7.88. The Morgan fingerprint density at radius 3 is 2.25 bits per heavy atom. The molecule has 0 unspecified atom stereocenters. The molecule has 1 heterocycles. The van der Waals surface area contributed by atoms with E-state index >= 15 is 0 Å². The van der Waals surface area contributed by atoms with Crippen LogP contribution in [0.3, 0.4) is 0 Å². The van der Waals surface area contributed by atoms with Crippen molar-refractivity contribution >= 4 is 0 Å². The van der Waals surface area contributed by atoms with Crippen molar-refractivity contribution in [1.82, 2.24) is 10.3 Å². The third-order valence-corrected chi connectivity index (χ3v) is 2.58. The molecular weight excluding hydrogens is 198 g/mol. The summed E-state index contributed by atoms with van der Waals surface area (Å²) in [7, 11) is 0. The Hall–Kier alpha value is -1.58. The van der Waals surface area contributed by atoms with Gasteiger partial charge in [0.2, 0.25) is 0 Å². The Bertz CT molecular complexity index is 403. The van der Waals surface area contributed by atoms with Gasteiger partial charge >= 0.3 is 0 Å². The van der Waals surface area contributed by atoms with E-state index < -0.39 is 0 Å². The molecule has 84 valence electrons. The molecule has 2 aromatic rings. The number of rotatable bonds is 5. The normalized spacial score (nSPS) is 10.6. The second kappa shape index (κ2) is 5.49. The molecule has 0 radical (unpaired) electrons. The largest absolute Gasteiger partial charge is 0.367 e. The van der Waals surface area contributed by atoms with Crippen LogP contribution >= 0.6 is 0 Å². The zero-order valence-corrected chi connectivity index (χ0v) is 9.24. The number of aromatic nitrogens is 1. The van der Waals surface area contributed by atoms with Crippen LogP contribution in [0.25, 0.3) is 0 Å². The van der Waals surface area contributed by atoms with E-state index in [0.717, 1.165) is 13.1 Å². The fraction of sp³-hybridized carbons (Fsp3) is 0.231. The summed E-state index contributed by atoms with van der Waals surface area (Å²) in [5.41, 5.74) is 9.28. The summed E-state index contributed by atoms with van der Waals surface area (Å²) in [5.74, 6) is 0. The maximum Gasteiger partial charge on any atom is 0.0223 e. The lowest BCUT2D eigenvalue weighted by Crippen LogP contribution is -2.12. The van der Waals surface area contributed by atoms with Gasteiger partial charge in [-0.2, -0.15) is 0 Å². The lowest BCUT2D eigenvalue weighted by molar-refractivity contribution is 0.693. The summed E-state index contributed by atoms with van der Waals surface area (Å²) in [6.45, 7) is 2.38. The molecule has 0 spiro atoms. The van der Waals surface area contributed by atoms with Crippen LogP contribution < -0.4 is 11.1 Å². The summed E-state index contributed by atoms with van der Waals surface area (Å²) in [4.78, 5) is 3.04. The van der Waals surface area contributed by atoms with Crippen LogP contribution in [0.4, 0.5) is 0 Å². The molecule has 4 N–H and O–H groups in total. The first-order valence-corrected chi connectivity index (χ1v) is 5.49. The Labute approximate surface area is 95.7 Å². The van der Waals surface area contributed by atoms with E-state index in [9.17, 15) is 0 Å². The van der Waals surface area contributed by atoms with E-state index in [4.69, 9.17) is 5.73 Å². The van der Waals surface area contributed by atoms with Crippen LogP contribution in [0.5, 0.6) is 0 Å². The molecule has 0 atom stereocenters. The van der Waals surface area contributed by atoms with Gasteiger partial charge in [-0.3, -0.25) is 0 Å². The van der Waals surface area contributed by atoms with Crippen molar-refractivity contribution in [2.24, 2.45) is 5.73 Å². The SMILES string of the molecule is NCc1ccc(CNCc2cc[nH]c2)cc1. The van der Waals surface area contributed by atoms with Gasteiger partial charge in [-0.1, -0.05) is 24.3 Å². The minimum Gasteiger partial charge on any atom is -0.367 e. The van der Waals surface area contributed by atoms with Crippen molar-refractivity contribution in [2.75, 3.05) is 0 Å². The molecule has 3 nitrogen and oxygen atoms in total. The van der Waals surface area contributed by atoms with Gasteiger partial charge in [-0.15, -0.1) is 0 Å². The highest BCUT2D eigenvalue weighted by Crippen LogP contribution is 2.04. The van der Waals surface area contributed by atoms with Crippen LogP contribution in [0.2, 0.25) is 0 Å². The van der Waals surface area contributed by atoms with Gasteiger partial charge in [0.15, 0.2) is 0 Å². The molecular formula is C13H17N3. The smallest absolute Gasteiger partial charge is 0.0223 e. The Morgan fingerprint density at radius 2 is 1.62 bits per heavy atom. The van der Waals surface area contributed by atoms with Crippen molar-refractivity contribution in [3.63, 3.8) is 0 Å². The highest BCUT2D eigenvalue weighted by molar-refractivity contribution is 5.22. The van der Waals surface area contributed by atoms with Crippen LogP contribution in [0.1, 0.15) is 16.7 Å². The average Bonchev–Trinajstić information content (AvgIpc) is 2.83. The van der Waals surface area contributed by atoms with Crippen molar-refractivity contribution in [3.05, 3.63) is 59.4 Å². The Morgan fingerprint density at radius 1 is 0.938 bits per heavy atom. The number of aromatic amines is 1. The van der Waals surface area contributed by atoms with Crippen LogP contribution in [-0.4, -0.2) is 4.98 Å². The number of H-pyrrole nitrogens is 1. The molecule has 1 aromatic carbocycles. The van der Waals surface area contributed by atoms with E-state index in [1.807, 2.05) is 12.4 Å². The lowest BCUT2D eigenvalue weighted by atomic mass is 10.1. The number of nitrogens with two attached hydrogens (primary N) is 1. The summed E-state index contributed by atoms with van der Waals surface area (Å²) in [5, 5.41) is 3.39. The summed E-state index contributed by atoms with van der Waals surface area (Å²) in [6.07, 6.45) is 3.94. The van der Waals surface area contributed by atoms with E-state index in [-0.39, 0.29) is 0 Å². The molecule has 0 bridgehead atoms. The van der Waals surface area contributed by atoms with Crippen LogP contribution in [0, 0.1) is 0 Å². The average molecular weight is 215 g/mol. The zero-order valence-electron chi connectivity index (χ0n) is 9.24. The molecule has 0 aliphatic rings. The molecule has 1 aromatic heterocycles. The maximum atomic E-state index is 5.55. The van der Waals surface area contributed by atoms with E-state index in [2.05, 4.69) is 40.6 Å². The van der Waals surface area contributed by atoms with Crippen LogP contribution in [-0.2, 0) is 19.6 Å². The van der Waals surface area contributed by atoms with E-state index in [0.29, 0.717) is 6.54 Å². The third kappa shape index (κ3) is 2.95. The number of benzene rings is 1. The third-order valence-electron chi connectivity index (χ3n) is 2.58. The monoisotopic (exact) mass is 215 g/mol. The minimum atomic E-state index is 0.608. The first kappa shape index (κ1) is 10.9. The van der Waals surface area contributed by atoms with Gasteiger partial charge < -0.3 is 16.0 Å². The fourth-order valence-electron chi connectivity index (χ4n) is 1.61. The van der Waals surface area contributed by atoms with Gasteiger partial charge in [0, 0.05) is 32.0 Å². The molecule has 2 rings (SSSR count). The Kier molecular flexibility index (Phi) is 3.75. The molecule has 0 saturated heterocycles. The highest BCUT2D eigenvalue weighted by Gasteiger charge is 1.95.